The minimum Gasteiger partial charge on any atom is -0.399 e. The summed E-state index contributed by atoms with van der Waals surface area (Å²) < 4.78 is 13.4. The molecular weight excluding hydrogens is 247 g/mol. The number of aliphatic hydroxyl groups is 1. The number of benzene rings is 2. The number of anilines is 2. The molecule has 19 heavy (non-hydrogen) atoms. The molecule has 0 aliphatic heterocycles. The van der Waals surface area contributed by atoms with Crippen LogP contribution in [0.5, 0.6) is 0 Å². The van der Waals surface area contributed by atoms with E-state index in [2.05, 4.69) is 5.32 Å². The Kier molecular flexibility index (Phi) is 3.77. The van der Waals surface area contributed by atoms with Crippen molar-refractivity contribution in [3.63, 3.8) is 0 Å². The average Bonchev–Trinajstić information content (AvgIpc) is 2.43. The fourth-order valence-electron chi connectivity index (χ4n) is 1.63. The number of rotatable bonds is 3. The van der Waals surface area contributed by atoms with Gasteiger partial charge in [-0.15, -0.1) is 0 Å². The van der Waals surface area contributed by atoms with E-state index in [9.17, 15) is 14.3 Å². The van der Waals surface area contributed by atoms with Crippen LogP contribution < -0.4 is 11.1 Å². The number of nitrogens with two attached hydrogens (primary N) is 1. The van der Waals surface area contributed by atoms with Crippen LogP contribution in [0.15, 0.2) is 48.5 Å². The van der Waals surface area contributed by atoms with Gasteiger partial charge in [-0.1, -0.05) is 30.3 Å². The summed E-state index contributed by atoms with van der Waals surface area (Å²) in [6.45, 7) is 0. The quantitative estimate of drug-likeness (QED) is 0.739. The van der Waals surface area contributed by atoms with Gasteiger partial charge in [-0.05, 0) is 23.8 Å². The molecule has 2 rings (SSSR count). The highest BCUT2D eigenvalue weighted by molar-refractivity contribution is 5.95. The lowest BCUT2D eigenvalue weighted by atomic mass is 10.1. The Balaban J connectivity index is 2.15. The van der Waals surface area contributed by atoms with E-state index < -0.39 is 17.8 Å². The van der Waals surface area contributed by atoms with E-state index >= 15 is 0 Å². The van der Waals surface area contributed by atoms with E-state index in [1.807, 2.05) is 0 Å². The molecule has 0 saturated heterocycles. The van der Waals surface area contributed by atoms with Crippen molar-refractivity contribution in [2.75, 3.05) is 11.1 Å². The van der Waals surface area contributed by atoms with Crippen molar-refractivity contribution in [3.05, 3.63) is 59.9 Å². The van der Waals surface area contributed by atoms with Gasteiger partial charge in [0, 0.05) is 5.69 Å². The number of carbonyl (C=O) groups excluding carboxylic acids is 1. The molecule has 0 bridgehead atoms. The smallest absolute Gasteiger partial charge is 0.257 e. The molecule has 4 nitrogen and oxygen atoms in total. The molecule has 5 heteroatoms. The van der Waals surface area contributed by atoms with Gasteiger partial charge in [0.2, 0.25) is 0 Å². The topological polar surface area (TPSA) is 75.3 Å². The summed E-state index contributed by atoms with van der Waals surface area (Å²) in [5.74, 6) is -1.32. The van der Waals surface area contributed by atoms with E-state index in [0.717, 1.165) is 6.07 Å². The van der Waals surface area contributed by atoms with E-state index in [-0.39, 0.29) is 5.69 Å². The Labute approximate surface area is 109 Å². The van der Waals surface area contributed by atoms with Crippen LogP contribution in [0.1, 0.15) is 11.7 Å². The average molecular weight is 260 g/mol. The summed E-state index contributed by atoms with van der Waals surface area (Å²) in [4.78, 5) is 11.8. The summed E-state index contributed by atoms with van der Waals surface area (Å²) in [6.07, 6.45) is -1.36. The highest BCUT2D eigenvalue weighted by Gasteiger charge is 2.18. The van der Waals surface area contributed by atoms with E-state index in [1.165, 1.54) is 12.1 Å². The molecule has 0 saturated carbocycles. The van der Waals surface area contributed by atoms with Crippen LogP contribution in [0.2, 0.25) is 0 Å². The maximum atomic E-state index is 13.4. The first-order chi connectivity index (χ1) is 9.08. The molecule has 0 aliphatic carbocycles. The van der Waals surface area contributed by atoms with Crippen LogP contribution in [0.25, 0.3) is 0 Å². The largest absolute Gasteiger partial charge is 0.399 e. The van der Waals surface area contributed by atoms with Gasteiger partial charge in [0.1, 0.15) is 5.82 Å². The lowest BCUT2D eigenvalue weighted by Gasteiger charge is -2.12. The van der Waals surface area contributed by atoms with Gasteiger partial charge in [0.15, 0.2) is 6.10 Å². The first-order valence-electron chi connectivity index (χ1n) is 5.67. The van der Waals surface area contributed by atoms with Crippen molar-refractivity contribution in [2.45, 2.75) is 6.10 Å². The second-order valence-electron chi connectivity index (χ2n) is 4.04. The van der Waals surface area contributed by atoms with Crippen LogP contribution in [0, 0.1) is 5.82 Å². The first-order valence-corrected chi connectivity index (χ1v) is 5.67. The van der Waals surface area contributed by atoms with Gasteiger partial charge in [-0.25, -0.2) is 4.39 Å². The molecule has 2 aromatic rings. The van der Waals surface area contributed by atoms with Crippen molar-refractivity contribution >= 4 is 17.3 Å². The van der Waals surface area contributed by atoms with Gasteiger partial charge in [-0.2, -0.15) is 0 Å². The van der Waals surface area contributed by atoms with Gasteiger partial charge >= 0.3 is 0 Å². The predicted octanol–water partition coefficient (Wildman–Crippen LogP) is 2.08. The van der Waals surface area contributed by atoms with Crippen LogP contribution in [0.4, 0.5) is 15.8 Å². The summed E-state index contributed by atoms with van der Waals surface area (Å²) in [5, 5.41) is 12.2. The fraction of sp³-hybridized carbons (Fsp3) is 0.0714. The molecule has 98 valence electrons. The number of aliphatic hydroxyl groups excluding tert-OH is 1. The highest BCUT2D eigenvalue weighted by Crippen LogP contribution is 2.20. The molecule has 1 amide bonds. The van der Waals surface area contributed by atoms with Crippen LogP contribution in [-0.4, -0.2) is 11.0 Å². The lowest BCUT2D eigenvalue weighted by molar-refractivity contribution is -0.124. The highest BCUT2D eigenvalue weighted by atomic mass is 19.1. The normalized spacial score (nSPS) is 11.9. The molecule has 1 unspecified atom stereocenters. The van der Waals surface area contributed by atoms with Crippen molar-refractivity contribution in [3.8, 4) is 0 Å². The minimum absolute atomic E-state index is 0.0556. The summed E-state index contributed by atoms with van der Waals surface area (Å²) in [6, 6.07) is 12.2. The first kappa shape index (κ1) is 13.0. The third kappa shape index (κ3) is 3.08. The van der Waals surface area contributed by atoms with Crippen molar-refractivity contribution in [1.82, 2.24) is 0 Å². The third-order valence-corrected chi connectivity index (χ3v) is 2.61. The number of nitrogen functional groups attached to an aromatic ring is 1. The Morgan fingerprint density at radius 1 is 1.21 bits per heavy atom. The number of carbonyl (C=O) groups is 1. The molecule has 0 fully saturated rings. The second-order valence-corrected chi connectivity index (χ2v) is 4.04. The zero-order valence-corrected chi connectivity index (χ0v) is 10.0. The van der Waals surface area contributed by atoms with Gasteiger partial charge < -0.3 is 16.2 Å². The SMILES string of the molecule is Nc1ccc(F)c(NC(=O)C(O)c2ccccc2)c1. The van der Waals surface area contributed by atoms with Crippen LogP contribution in [-0.2, 0) is 4.79 Å². The molecule has 1 atom stereocenters. The number of halogens is 1. The zero-order chi connectivity index (χ0) is 13.8. The third-order valence-electron chi connectivity index (χ3n) is 2.61. The van der Waals surface area contributed by atoms with Gasteiger partial charge in [0.25, 0.3) is 5.91 Å². The fourth-order valence-corrected chi connectivity index (χ4v) is 1.63. The Morgan fingerprint density at radius 2 is 1.89 bits per heavy atom. The second kappa shape index (κ2) is 5.49. The molecule has 2 aromatic carbocycles. The standard InChI is InChI=1S/C14H13FN2O2/c15-11-7-6-10(16)8-12(11)17-14(19)13(18)9-4-2-1-3-5-9/h1-8,13,18H,16H2,(H,17,19). The molecule has 0 aromatic heterocycles. The monoisotopic (exact) mass is 260 g/mol. The molecular formula is C14H13FN2O2. The molecule has 0 heterocycles. The van der Waals surface area contributed by atoms with E-state index in [0.29, 0.717) is 11.3 Å². The zero-order valence-electron chi connectivity index (χ0n) is 10.0. The van der Waals surface area contributed by atoms with Gasteiger partial charge in [0.05, 0.1) is 5.69 Å². The van der Waals surface area contributed by atoms with Crippen molar-refractivity contribution in [1.29, 1.82) is 0 Å². The van der Waals surface area contributed by atoms with Crippen molar-refractivity contribution in [2.24, 2.45) is 0 Å². The van der Waals surface area contributed by atoms with E-state index in [1.54, 1.807) is 30.3 Å². The maximum Gasteiger partial charge on any atom is 0.257 e. The van der Waals surface area contributed by atoms with Crippen LogP contribution >= 0.6 is 0 Å². The number of amides is 1. The predicted molar refractivity (Wildman–Crippen MR) is 70.8 cm³/mol. The summed E-state index contributed by atoms with van der Waals surface area (Å²) >= 11 is 0. The molecule has 4 N–H and O–H groups in total. The van der Waals surface area contributed by atoms with E-state index in [4.69, 9.17) is 5.73 Å². The Morgan fingerprint density at radius 3 is 2.58 bits per heavy atom. The summed E-state index contributed by atoms with van der Waals surface area (Å²) in [5.41, 5.74) is 6.21. The number of hydrogen-bond acceptors (Lipinski definition) is 3. The molecule has 0 radical (unpaired) electrons. The lowest BCUT2D eigenvalue weighted by Crippen LogP contribution is -2.21. The molecule has 0 aliphatic rings. The van der Waals surface area contributed by atoms with Crippen molar-refractivity contribution < 1.29 is 14.3 Å². The minimum atomic E-state index is -1.36. The summed E-state index contributed by atoms with van der Waals surface area (Å²) in [7, 11) is 0. The Bertz CT molecular complexity index is 587. The number of nitrogens with one attached hydrogen (secondary N) is 1. The molecule has 0 spiro atoms. The number of hydrogen-bond donors (Lipinski definition) is 3. The van der Waals surface area contributed by atoms with Crippen LogP contribution in [0.3, 0.4) is 0 Å². The van der Waals surface area contributed by atoms with Gasteiger partial charge in [-0.3, -0.25) is 4.79 Å². The Hall–Kier alpha value is -2.40. The maximum absolute atomic E-state index is 13.4.